The van der Waals surface area contributed by atoms with E-state index in [4.69, 9.17) is 4.42 Å². The zero-order valence-electron chi connectivity index (χ0n) is 16.2. The number of nitrogens with zero attached hydrogens (tertiary/aromatic N) is 2. The van der Waals surface area contributed by atoms with E-state index in [0.29, 0.717) is 24.5 Å². The lowest BCUT2D eigenvalue weighted by Crippen LogP contribution is -2.27. The van der Waals surface area contributed by atoms with Crippen molar-refractivity contribution in [3.63, 3.8) is 0 Å². The van der Waals surface area contributed by atoms with Gasteiger partial charge in [-0.2, -0.15) is 0 Å². The van der Waals surface area contributed by atoms with Crippen LogP contribution in [-0.2, 0) is 16.1 Å². The second-order valence-corrected chi connectivity index (χ2v) is 7.43. The van der Waals surface area contributed by atoms with Crippen LogP contribution in [0, 0.1) is 5.92 Å². The largest absolute Gasteiger partial charge is 0.467 e. The maximum absolute atomic E-state index is 12.8. The number of nitrogens with one attached hydrogen (secondary N) is 2. The summed E-state index contributed by atoms with van der Waals surface area (Å²) in [6, 6.07) is 19.0. The summed E-state index contributed by atoms with van der Waals surface area (Å²) >= 11 is 0. The first-order valence-electron chi connectivity index (χ1n) is 9.82. The summed E-state index contributed by atoms with van der Waals surface area (Å²) < 4.78 is 5.31. The number of aromatic nitrogens is 2. The second kappa shape index (κ2) is 7.51. The van der Waals surface area contributed by atoms with Crippen LogP contribution >= 0.6 is 0 Å². The summed E-state index contributed by atoms with van der Waals surface area (Å²) in [5, 5.41) is 2.94. The number of anilines is 1. The number of H-pyrrole nitrogens is 1. The predicted octanol–water partition coefficient (Wildman–Crippen LogP) is 3.81. The zero-order chi connectivity index (χ0) is 20.5. The van der Waals surface area contributed by atoms with E-state index in [1.807, 2.05) is 54.6 Å². The van der Waals surface area contributed by atoms with Crippen LogP contribution in [0.2, 0.25) is 0 Å². The molecule has 1 fully saturated rings. The minimum atomic E-state index is -0.387. The Hall–Kier alpha value is -3.87. The molecule has 3 heterocycles. The van der Waals surface area contributed by atoms with Crippen LogP contribution in [-0.4, -0.2) is 33.2 Å². The summed E-state index contributed by atoms with van der Waals surface area (Å²) in [5.74, 6) is 0.868. The fraction of sp³-hybridized carbons (Fsp3) is 0.174. The third-order valence-electron chi connectivity index (χ3n) is 5.31. The highest BCUT2D eigenvalue weighted by molar-refractivity contribution is 5.97. The molecule has 7 heteroatoms. The van der Waals surface area contributed by atoms with Crippen molar-refractivity contribution in [2.75, 3.05) is 11.9 Å². The number of carbonyl (C=O) groups excluding carboxylic acids is 2. The zero-order valence-corrected chi connectivity index (χ0v) is 16.2. The van der Waals surface area contributed by atoms with Gasteiger partial charge in [-0.3, -0.25) is 9.59 Å². The molecule has 0 radical (unpaired) electrons. The number of imidazole rings is 1. The van der Waals surface area contributed by atoms with Crippen molar-refractivity contribution in [2.45, 2.75) is 13.0 Å². The van der Waals surface area contributed by atoms with E-state index in [1.165, 1.54) is 0 Å². The molecule has 1 aliphatic heterocycles. The van der Waals surface area contributed by atoms with Gasteiger partial charge in [-0.25, -0.2) is 4.98 Å². The highest BCUT2D eigenvalue weighted by Crippen LogP contribution is 2.25. The lowest BCUT2D eigenvalue weighted by Gasteiger charge is -2.15. The first-order chi connectivity index (χ1) is 14.7. The fourth-order valence-corrected chi connectivity index (χ4v) is 3.77. The highest BCUT2D eigenvalue weighted by Gasteiger charge is 2.34. The van der Waals surface area contributed by atoms with Crippen molar-refractivity contribution in [3.8, 4) is 11.4 Å². The van der Waals surface area contributed by atoms with Gasteiger partial charge in [0.25, 0.3) is 0 Å². The lowest BCUT2D eigenvalue weighted by atomic mass is 10.1. The first-order valence-corrected chi connectivity index (χ1v) is 9.82. The second-order valence-electron chi connectivity index (χ2n) is 7.43. The van der Waals surface area contributed by atoms with E-state index < -0.39 is 0 Å². The maximum atomic E-state index is 12.8. The molecule has 0 unspecified atom stereocenters. The van der Waals surface area contributed by atoms with Crippen LogP contribution in [0.1, 0.15) is 12.2 Å². The molecule has 1 atom stereocenters. The molecule has 2 N–H and O–H groups in total. The SMILES string of the molecule is O=C(Nc1cccc(-c2nc3ccccc3[nH]2)c1)[C@H]1CC(=O)N(Cc2ccco2)C1. The van der Waals surface area contributed by atoms with E-state index in [-0.39, 0.29) is 24.2 Å². The average Bonchev–Trinajstić information content (AvgIpc) is 3.49. The van der Waals surface area contributed by atoms with E-state index in [1.54, 1.807) is 17.2 Å². The Labute approximate surface area is 172 Å². The molecule has 0 aliphatic carbocycles. The summed E-state index contributed by atoms with van der Waals surface area (Å²) in [6.07, 6.45) is 1.78. The number of aromatic amines is 1. The molecule has 1 saturated heterocycles. The number of hydrogen-bond acceptors (Lipinski definition) is 4. The Morgan fingerprint density at radius 2 is 2.07 bits per heavy atom. The van der Waals surface area contributed by atoms with Gasteiger partial charge in [0.15, 0.2) is 0 Å². The third-order valence-corrected chi connectivity index (χ3v) is 5.31. The average molecular weight is 400 g/mol. The Morgan fingerprint density at radius 1 is 1.17 bits per heavy atom. The number of likely N-dealkylation sites (tertiary alicyclic amines) is 1. The van der Waals surface area contributed by atoms with Gasteiger partial charge in [-0.05, 0) is 36.4 Å². The molecule has 4 aromatic rings. The molecule has 0 saturated carbocycles. The molecule has 2 amide bonds. The van der Waals surface area contributed by atoms with Crippen molar-refractivity contribution in [3.05, 3.63) is 72.7 Å². The number of carbonyl (C=O) groups is 2. The van der Waals surface area contributed by atoms with Crippen molar-refractivity contribution < 1.29 is 14.0 Å². The minimum absolute atomic E-state index is 0.0393. The van der Waals surface area contributed by atoms with Crippen molar-refractivity contribution in [1.29, 1.82) is 0 Å². The first kappa shape index (κ1) is 18.2. The highest BCUT2D eigenvalue weighted by atomic mass is 16.3. The smallest absolute Gasteiger partial charge is 0.229 e. The molecule has 30 heavy (non-hydrogen) atoms. The molecule has 5 rings (SSSR count). The van der Waals surface area contributed by atoms with Gasteiger partial charge in [-0.1, -0.05) is 24.3 Å². The molecule has 150 valence electrons. The number of amides is 2. The van der Waals surface area contributed by atoms with Crippen LogP contribution in [0.3, 0.4) is 0 Å². The maximum Gasteiger partial charge on any atom is 0.229 e. The molecule has 0 bridgehead atoms. The van der Waals surface area contributed by atoms with Crippen molar-refractivity contribution in [2.24, 2.45) is 5.92 Å². The van der Waals surface area contributed by atoms with Crippen LogP contribution < -0.4 is 5.32 Å². The van der Waals surface area contributed by atoms with Gasteiger partial charge in [0, 0.05) is 24.2 Å². The topological polar surface area (TPSA) is 91.2 Å². The summed E-state index contributed by atoms with van der Waals surface area (Å²) in [7, 11) is 0. The monoisotopic (exact) mass is 400 g/mol. The lowest BCUT2D eigenvalue weighted by molar-refractivity contribution is -0.128. The number of furan rings is 1. The van der Waals surface area contributed by atoms with Gasteiger partial charge in [-0.15, -0.1) is 0 Å². The summed E-state index contributed by atoms with van der Waals surface area (Å²) in [4.78, 5) is 34.6. The van der Waals surface area contributed by atoms with Crippen LogP contribution in [0.25, 0.3) is 22.4 Å². The number of fused-ring (bicyclic) bond motifs is 1. The molecule has 2 aromatic heterocycles. The van der Waals surface area contributed by atoms with Gasteiger partial charge >= 0.3 is 0 Å². The number of rotatable bonds is 5. The molecular formula is C23H20N4O3. The van der Waals surface area contributed by atoms with Crippen molar-refractivity contribution >= 4 is 28.5 Å². The molecule has 2 aromatic carbocycles. The van der Waals surface area contributed by atoms with Crippen LogP contribution in [0.5, 0.6) is 0 Å². The quantitative estimate of drug-likeness (QED) is 0.533. The summed E-state index contributed by atoms with van der Waals surface area (Å²) in [5.41, 5.74) is 3.41. The third kappa shape index (κ3) is 3.57. The normalized spacial score (nSPS) is 16.3. The summed E-state index contributed by atoms with van der Waals surface area (Å²) in [6.45, 7) is 0.770. The van der Waals surface area contributed by atoms with E-state index in [0.717, 1.165) is 22.4 Å². The van der Waals surface area contributed by atoms with Crippen molar-refractivity contribution in [1.82, 2.24) is 14.9 Å². The Morgan fingerprint density at radius 3 is 2.90 bits per heavy atom. The number of para-hydroxylation sites is 2. The molecule has 0 spiro atoms. The van der Waals surface area contributed by atoms with Crippen LogP contribution in [0.4, 0.5) is 5.69 Å². The van der Waals surface area contributed by atoms with E-state index >= 15 is 0 Å². The fourth-order valence-electron chi connectivity index (χ4n) is 3.77. The van der Waals surface area contributed by atoms with Gasteiger partial charge in [0.2, 0.25) is 11.8 Å². The van der Waals surface area contributed by atoms with Crippen LogP contribution in [0.15, 0.2) is 71.3 Å². The van der Waals surface area contributed by atoms with E-state index in [9.17, 15) is 9.59 Å². The van der Waals surface area contributed by atoms with E-state index in [2.05, 4.69) is 15.3 Å². The molecular weight excluding hydrogens is 380 g/mol. The molecule has 7 nitrogen and oxygen atoms in total. The predicted molar refractivity (Wildman–Crippen MR) is 112 cm³/mol. The molecule has 1 aliphatic rings. The van der Waals surface area contributed by atoms with Gasteiger partial charge in [0.05, 0.1) is 29.8 Å². The Bertz CT molecular complexity index is 1180. The number of benzene rings is 2. The standard InChI is InChI=1S/C23H20N4O3/c28-21-12-16(13-27(21)14-18-7-4-10-30-18)23(29)24-17-6-3-5-15(11-17)22-25-19-8-1-2-9-20(19)26-22/h1-11,16H,12-14H2,(H,24,29)(H,25,26)/t16-/m0/s1. The van der Waals surface area contributed by atoms with Gasteiger partial charge < -0.3 is 19.6 Å². The van der Waals surface area contributed by atoms with Gasteiger partial charge in [0.1, 0.15) is 11.6 Å². The Balaban J connectivity index is 1.28. The number of hydrogen-bond donors (Lipinski definition) is 2. The minimum Gasteiger partial charge on any atom is -0.467 e. The Kier molecular flexibility index (Phi) is 4.55.